The van der Waals surface area contributed by atoms with E-state index in [9.17, 15) is 13.0 Å². The quantitative estimate of drug-likeness (QED) is 0.524. The van der Waals surface area contributed by atoms with Crippen molar-refractivity contribution in [2.45, 2.75) is 32.3 Å². The van der Waals surface area contributed by atoms with Gasteiger partial charge in [0.25, 0.3) is 10.1 Å². The lowest BCUT2D eigenvalue weighted by atomic mass is 10.5. The minimum absolute atomic E-state index is 0.118. The summed E-state index contributed by atoms with van der Waals surface area (Å²) in [6, 6.07) is 0. The van der Waals surface area contributed by atoms with Gasteiger partial charge in [0, 0.05) is 0 Å². The van der Waals surface area contributed by atoms with Crippen LogP contribution in [0.15, 0.2) is 0 Å². The summed E-state index contributed by atoms with van der Waals surface area (Å²) in [6.07, 6.45) is 1.39. The maximum atomic E-state index is 12.4. The number of hydrogen-bond donors (Lipinski definition) is 0. The predicted octanol–water partition coefficient (Wildman–Crippen LogP) is 1.76. The summed E-state index contributed by atoms with van der Waals surface area (Å²) in [5, 5.41) is 0. The average Bonchev–Trinajstić information content (AvgIpc) is 2.65. The second kappa shape index (κ2) is 6.29. The fraction of sp³-hybridized carbons (Fsp3) is 1.00. The molecule has 1 unspecified atom stereocenters. The molecule has 0 radical (unpaired) electrons. The molecule has 0 bridgehead atoms. The smallest absolute Gasteiger partial charge is 0.308 e. The van der Waals surface area contributed by atoms with E-state index >= 15 is 0 Å². The van der Waals surface area contributed by atoms with Crippen molar-refractivity contribution in [2.24, 2.45) is 0 Å². The molecule has 1 heterocycles. The first kappa shape index (κ1) is 15.1. The van der Waals surface area contributed by atoms with Gasteiger partial charge in [0.1, 0.15) is 5.66 Å². The Morgan fingerprint density at radius 1 is 1.24 bits per heavy atom. The normalized spacial score (nSPS) is 24.0. The molecule has 0 aromatic carbocycles. The van der Waals surface area contributed by atoms with Gasteiger partial charge in [-0.25, -0.2) is 0 Å². The van der Waals surface area contributed by atoms with Crippen LogP contribution in [0, 0.1) is 0 Å². The Morgan fingerprint density at radius 3 is 2.12 bits per heavy atom. The Balaban J connectivity index is 2.72. The van der Waals surface area contributed by atoms with Crippen LogP contribution in [0.5, 0.6) is 0 Å². The van der Waals surface area contributed by atoms with Gasteiger partial charge in [0.2, 0.25) is 0 Å². The van der Waals surface area contributed by atoms with E-state index in [1.54, 1.807) is 0 Å². The largest absolute Gasteiger partial charge is 0.337 e. The molecule has 8 heteroatoms. The van der Waals surface area contributed by atoms with E-state index in [0.29, 0.717) is 12.8 Å². The Morgan fingerprint density at radius 2 is 1.76 bits per heavy atom. The van der Waals surface area contributed by atoms with Crippen molar-refractivity contribution in [1.29, 1.82) is 0 Å². The lowest BCUT2D eigenvalue weighted by Gasteiger charge is -2.21. The fourth-order valence-corrected chi connectivity index (χ4v) is 5.42. The molecule has 102 valence electrons. The highest BCUT2D eigenvalue weighted by Crippen LogP contribution is 2.55. The molecule has 1 aliphatic rings. The molecule has 0 spiro atoms. The Kier molecular flexibility index (Phi) is 5.60. The first-order valence-electron chi connectivity index (χ1n) is 5.69. The highest BCUT2D eigenvalue weighted by atomic mass is 32.2. The van der Waals surface area contributed by atoms with E-state index in [0.717, 1.165) is 0 Å². The van der Waals surface area contributed by atoms with Crippen LogP contribution in [0.3, 0.4) is 0 Å². The minimum atomic E-state index is -3.56. The minimum Gasteiger partial charge on any atom is -0.308 e. The molecule has 0 N–H and O–H groups in total. The summed E-state index contributed by atoms with van der Waals surface area (Å²) in [5.41, 5.74) is -0.703. The van der Waals surface area contributed by atoms with Gasteiger partial charge in [-0.15, -0.1) is 0 Å². The van der Waals surface area contributed by atoms with Crippen molar-refractivity contribution < 1.29 is 26.2 Å². The third-order valence-corrected chi connectivity index (χ3v) is 6.10. The van der Waals surface area contributed by atoms with Crippen LogP contribution in [0.4, 0.5) is 0 Å². The van der Waals surface area contributed by atoms with Gasteiger partial charge >= 0.3 is 7.60 Å². The van der Waals surface area contributed by atoms with Crippen molar-refractivity contribution in [3.8, 4) is 0 Å². The monoisotopic (exact) mass is 286 g/mol. The summed E-state index contributed by atoms with van der Waals surface area (Å²) >= 11 is 0. The third-order valence-electron chi connectivity index (χ3n) is 2.23. The number of hydrogen-bond acceptors (Lipinski definition) is 6. The molecule has 0 aliphatic carbocycles. The molecular weight excluding hydrogens is 267 g/mol. The van der Waals surface area contributed by atoms with Crippen LogP contribution in [0.2, 0.25) is 0 Å². The van der Waals surface area contributed by atoms with E-state index in [-0.39, 0.29) is 25.6 Å². The Labute approximate surface area is 102 Å². The van der Waals surface area contributed by atoms with E-state index in [1.165, 1.54) is 0 Å². The molecule has 1 aliphatic heterocycles. The summed E-state index contributed by atoms with van der Waals surface area (Å²) in [4.78, 5) is 0. The van der Waals surface area contributed by atoms with Crippen LogP contribution >= 0.6 is 7.60 Å². The lowest BCUT2D eigenvalue weighted by molar-refractivity contribution is 0.194. The zero-order valence-corrected chi connectivity index (χ0v) is 11.8. The molecule has 0 aromatic rings. The summed E-state index contributed by atoms with van der Waals surface area (Å²) in [7, 11) is -6.95. The molecule has 1 rings (SSSR count). The van der Waals surface area contributed by atoms with Gasteiger partial charge in [0.05, 0.1) is 25.6 Å². The Hall–Kier alpha value is 0.0600. The molecular formula is C9H19O6PS. The van der Waals surface area contributed by atoms with Crippen molar-refractivity contribution >= 4 is 17.7 Å². The highest BCUT2D eigenvalue weighted by Gasteiger charge is 2.44. The molecule has 1 atom stereocenters. The SMILES string of the molecule is CCCOP(=O)(OCCC)C1COS(=O)(=O)C1. The maximum absolute atomic E-state index is 12.4. The third kappa shape index (κ3) is 4.34. The lowest BCUT2D eigenvalue weighted by Crippen LogP contribution is -2.17. The molecule has 0 amide bonds. The highest BCUT2D eigenvalue weighted by molar-refractivity contribution is 7.87. The van der Waals surface area contributed by atoms with Gasteiger partial charge < -0.3 is 9.05 Å². The molecule has 1 fully saturated rings. The van der Waals surface area contributed by atoms with Gasteiger partial charge in [-0.05, 0) is 12.8 Å². The van der Waals surface area contributed by atoms with Gasteiger partial charge in [-0.3, -0.25) is 8.75 Å². The molecule has 6 nitrogen and oxygen atoms in total. The van der Waals surface area contributed by atoms with Crippen LogP contribution < -0.4 is 0 Å². The van der Waals surface area contributed by atoms with Crippen LogP contribution in [-0.2, 0) is 27.9 Å². The average molecular weight is 286 g/mol. The van der Waals surface area contributed by atoms with Crippen molar-refractivity contribution in [1.82, 2.24) is 0 Å². The van der Waals surface area contributed by atoms with Crippen LogP contribution in [-0.4, -0.2) is 39.7 Å². The van der Waals surface area contributed by atoms with Crippen LogP contribution in [0.1, 0.15) is 26.7 Å². The standard InChI is InChI=1S/C9H19O6PS/c1-3-5-13-16(10,14-6-4-2)9-7-15-17(11,12)8-9/h9H,3-8H2,1-2H3. The van der Waals surface area contributed by atoms with E-state index in [4.69, 9.17) is 9.05 Å². The van der Waals surface area contributed by atoms with Crippen molar-refractivity contribution in [3.63, 3.8) is 0 Å². The molecule has 1 saturated heterocycles. The summed E-state index contributed by atoms with van der Waals surface area (Å²) in [6.45, 7) is 4.22. The van der Waals surface area contributed by atoms with Gasteiger partial charge in [-0.1, -0.05) is 13.8 Å². The van der Waals surface area contributed by atoms with Crippen molar-refractivity contribution in [3.05, 3.63) is 0 Å². The second-order valence-electron chi connectivity index (χ2n) is 3.87. The number of rotatable bonds is 7. The van der Waals surface area contributed by atoms with Gasteiger partial charge in [-0.2, -0.15) is 8.42 Å². The topological polar surface area (TPSA) is 78.9 Å². The first-order chi connectivity index (χ1) is 7.93. The van der Waals surface area contributed by atoms with Crippen molar-refractivity contribution in [2.75, 3.05) is 25.6 Å². The predicted molar refractivity (Wildman–Crippen MR) is 63.6 cm³/mol. The van der Waals surface area contributed by atoms with Crippen LogP contribution in [0.25, 0.3) is 0 Å². The van der Waals surface area contributed by atoms with E-state index < -0.39 is 23.4 Å². The molecule has 17 heavy (non-hydrogen) atoms. The fourth-order valence-electron chi connectivity index (χ4n) is 1.38. The van der Waals surface area contributed by atoms with Gasteiger partial charge in [0.15, 0.2) is 0 Å². The molecule has 0 aromatic heterocycles. The summed E-state index contributed by atoms with van der Waals surface area (Å²) < 4.78 is 49.9. The zero-order valence-electron chi connectivity index (χ0n) is 10.1. The second-order valence-corrected chi connectivity index (χ2v) is 7.88. The van der Waals surface area contributed by atoms with E-state index in [1.807, 2.05) is 13.8 Å². The first-order valence-corrected chi connectivity index (χ1v) is 8.88. The Bertz CT molecular complexity index is 367. The summed E-state index contributed by atoms with van der Waals surface area (Å²) in [5.74, 6) is -0.294. The zero-order chi connectivity index (χ0) is 12.9. The van der Waals surface area contributed by atoms with E-state index in [2.05, 4.69) is 4.18 Å². The maximum Gasteiger partial charge on any atom is 0.337 e. The molecule has 0 saturated carbocycles.